The minimum absolute atomic E-state index is 0. The highest BCUT2D eigenvalue weighted by Crippen LogP contribution is 2.27. The average Bonchev–Trinajstić information content (AvgIpc) is 2.84. The quantitative estimate of drug-likeness (QED) is 0.774. The van der Waals surface area contributed by atoms with Gasteiger partial charge >= 0.3 is 0 Å². The van der Waals surface area contributed by atoms with Crippen molar-refractivity contribution >= 4 is 34.2 Å². The Morgan fingerprint density at radius 3 is 2.57 bits per heavy atom. The molecule has 0 aliphatic heterocycles. The van der Waals surface area contributed by atoms with Gasteiger partial charge in [0.2, 0.25) is 5.91 Å². The number of amides is 1. The van der Waals surface area contributed by atoms with Crippen LogP contribution in [0.5, 0.6) is 0 Å². The minimum Gasteiger partial charge on any atom is -0.350 e. The van der Waals surface area contributed by atoms with Gasteiger partial charge in [-0.3, -0.25) is 4.79 Å². The molecule has 14 heavy (non-hydrogen) atoms. The summed E-state index contributed by atoms with van der Waals surface area (Å²) < 4.78 is 0.794. The van der Waals surface area contributed by atoms with Crippen molar-refractivity contribution in [2.45, 2.75) is 12.8 Å². The molecule has 0 bridgehead atoms. The Morgan fingerprint density at radius 2 is 2.07 bits per heavy atom. The van der Waals surface area contributed by atoms with Crippen molar-refractivity contribution in [2.24, 2.45) is 5.92 Å². The van der Waals surface area contributed by atoms with E-state index in [1.807, 2.05) is 0 Å². The zero-order valence-corrected chi connectivity index (χ0v) is 10.4. The second-order valence-corrected chi connectivity index (χ2v) is 4.49. The van der Waals surface area contributed by atoms with Gasteiger partial charge in [0.05, 0.1) is 6.54 Å². The van der Waals surface area contributed by atoms with Crippen LogP contribution in [0.1, 0.15) is 12.8 Å². The molecule has 0 aromatic rings. The maximum atomic E-state index is 11.1. The van der Waals surface area contributed by atoms with Crippen LogP contribution in [0, 0.1) is 5.92 Å². The highest BCUT2D eigenvalue weighted by molar-refractivity contribution is 9.11. The number of hydrogen-bond acceptors (Lipinski definition) is 2. The highest BCUT2D eigenvalue weighted by atomic mass is 79.9. The molecule has 0 heterocycles. The smallest absolute Gasteiger partial charge is 0.234 e. The largest absolute Gasteiger partial charge is 0.350 e. The molecular weight excluding hydrogens is 267 g/mol. The fourth-order valence-corrected chi connectivity index (χ4v) is 1.11. The van der Waals surface area contributed by atoms with E-state index in [0.717, 1.165) is 16.9 Å². The van der Waals surface area contributed by atoms with Gasteiger partial charge in [-0.2, -0.15) is 0 Å². The van der Waals surface area contributed by atoms with Crippen molar-refractivity contribution in [1.29, 1.82) is 0 Å². The number of carbonyl (C=O) groups is 1. The van der Waals surface area contributed by atoms with Crippen LogP contribution in [0.15, 0.2) is 11.1 Å². The third kappa shape index (κ3) is 7.35. The molecule has 0 aromatic carbocycles. The van der Waals surface area contributed by atoms with Crippen molar-refractivity contribution in [2.75, 3.05) is 19.6 Å². The lowest BCUT2D eigenvalue weighted by Gasteiger charge is -2.04. The molecule has 82 valence electrons. The van der Waals surface area contributed by atoms with Crippen molar-refractivity contribution in [3.05, 3.63) is 11.1 Å². The summed E-state index contributed by atoms with van der Waals surface area (Å²) in [5, 5.41) is 5.84. The summed E-state index contributed by atoms with van der Waals surface area (Å²) in [6.07, 6.45) is 2.62. The predicted octanol–water partition coefficient (Wildman–Crippen LogP) is 1.43. The van der Waals surface area contributed by atoms with Crippen molar-refractivity contribution in [3.63, 3.8) is 0 Å². The van der Waals surface area contributed by atoms with Crippen molar-refractivity contribution in [3.8, 4) is 0 Å². The molecule has 0 spiro atoms. The first-order valence-corrected chi connectivity index (χ1v) is 5.28. The van der Waals surface area contributed by atoms with E-state index < -0.39 is 0 Å². The Morgan fingerprint density at radius 1 is 1.43 bits per heavy atom. The summed E-state index contributed by atoms with van der Waals surface area (Å²) in [7, 11) is 0. The van der Waals surface area contributed by atoms with E-state index in [1.54, 1.807) is 0 Å². The summed E-state index contributed by atoms with van der Waals surface area (Å²) in [6.45, 7) is 5.52. The lowest BCUT2D eigenvalue weighted by molar-refractivity contribution is -0.120. The molecule has 3 nitrogen and oxygen atoms in total. The van der Waals surface area contributed by atoms with E-state index in [2.05, 4.69) is 33.1 Å². The molecule has 0 atom stereocenters. The zero-order chi connectivity index (χ0) is 9.68. The molecule has 1 amide bonds. The first-order chi connectivity index (χ1) is 6.18. The Bertz CT molecular complexity index is 207. The fourth-order valence-electron chi connectivity index (χ4n) is 0.969. The maximum Gasteiger partial charge on any atom is 0.234 e. The second-order valence-electron chi connectivity index (χ2n) is 3.37. The lowest BCUT2D eigenvalue weighted by atomic mass is 10.4. The Balaban J connectivity index is 0.00000169. The van der Waals surface area contributed by atoms with Gasteiger partial charge in [0.1, 0.15) is 0 Å². The SMILES string of the molecule is C=C(Br)CNC(=O)CNCC1CC1.Cl. The number of hydrogen-bond donors (Lipinski definition) is 2. The first-order valence-electron chi connectivity index (χ1n) is 4.49. The van der Waals surface area contributed by atoms with Gasteiger partial charge in [-0.1, -0.05) is 22.5 Å². The van der Waals surface area contributed by atoms with Crippen molar-refractivity contribution in [1.82, 2.24) is 10.6 Å². The Labute approximate surface area is 99.2 Å². The Kier molecular flexibility index (Phi) is 7.23. The van der Waals surface area contributed by atoms with Gasteiger partial charge in [-0.25, -0.2) is 0 Å². The first kappa shape index (κ1) is 13.9. The molecule has 1 rings (SSSR count). The normalized spacial score (nSPS) is 14.4. The van der Waals surface area contributed by atoms with Crippen LogP contribution in [0.2, 0.25) is 0 Å². The molecule has 0 unspecified atom stereocenters. The number of halogens is 2. The van der Waals surface area contributed by atoms with Gasteiger partial charge in [0, 0.05) is 11.0 Å². The summed E-state index contributed by atoms with van der Waals surface area (Å²) in [5.74, 6) is 0.847. The highest BCUT2D eigenvalue weighted by Gasteiger charge is 2.20. The van der Waals surface area contributed by atoms with Gasteiger partial charge < -0.3 is 10.6 Å². The molecule has 2 N–H and O–H groups in total. The third-order valence-electron chi connectivity index (χ3n) is 1.89. The molecule has 1 aliphatic carbocycles. The van der Waals surface area contributed by atoms with E-state index in [4.69, 9.17) is 0 Å². The minimum atomic E-state index is 0. The monoisotopic (exact) mass is 282 g/mol. The van der Waals surface area contributed by atoms with E-state index in [-0.39, 0.29) is 18.3 Å². The summed E-state index contributed by atoms with van der Waals surface area (Å²) in [5.41, 5.74) is 0. The standard InChI is InChI=1S/C9H15BrN2O.ClH/c1-7(10)4-12-9(13)6-11-5-8-2-3-8;/h8,11H,1-6H2,(H,12,13);1H. The average molecular weight is 284 g/mol. The molecule has 0 aromatic heterocycles. The molecule has 1 fully saturated rings. The maximum absolute atomic E-state index is 11.1. The predicted molar refractivity (Wildman–Crippen MR) is 63.9 cm³/mol. The fraction of sp³-hybridized carbons (Fsp3) is 0.667. The topological polar surface area (TPSA) is 41.1 Å². The molecular formula is C9H16BrClN2O. The van der Waals surface area contributed by atoms with Crippen LogP contribution in [-0.4, -0.2) is 25.5 Å². The molecule has 5 heteroatoms. The number of carbonyl (C=O) groups excluding carboxylic acids is 1. The third-order valence-corrected chi connectivity index (χ3v) is 2.17. The second kappa shape index (κ2) is 7.26. The van der Waals surface area contributed by atoms with Crippen LogP contribution < -0.4 is 10.6 Å². The van der Waals surface area contributed by atoms with E-state index in [1.165, 1.54) is 12.8 Å². The summed E-state index contributed by atoms with van der Waals surface area (Å²) in [4.78, 5) is 11.1. The van der Waals surface area contributed by atoms with Gasteiger partial charge in [0.25, 0.3) is 0 Å². The van der Waals surface area contributed by atoms with Crippen LogP contribution in [0.4, 0.5) is 0 Å². The summed E-state index contributed by atoms with van der Waals surface area (Å²) in [6, 6.07) is 0. The molecule has 1 aliphatic rings. The Hall–Kier alpha value is -0.0600. The van der Waals surface area contributed by atoms with Gasteiger partial charge in [0.15, 0.2) is 0 Å². The molecule has 0 radical (unpaired) electrons. The van der Waals surface area contributed by atoms with E-state index in [9.17, 15) is 4.79 Å². The molecule has 0 saturated heterocycles. The van der Waals surface area contributed by atoms with Crippen molar-refractivity contribution < 1.29 is 4.79 Å². The lowest BCUT2D eigenvalue weighted by Crippen LogP contribution is -2.35. The van der Waals surface area contributed by atoms with E-state index >= 15 is 0 Å². The van der Waals surface area contributed by atoms with E-state index in [0.29, 0.717) is 13.1 Å². The number of nitrogens with one attached hydrogen (secondary N) is 2. The molecule has 1 saturated carbocycles. The van der Waals surface area contributed by atoms with Crippen LogP contribution in [0.3, 0.4) is 0 Å². The van der Waals surface area contributed by atoms with Gasteiger partial charge in [-0.05, 0) is 25.3 Å². The van der Waals surface area contributed by atoms with Gasteiger partial charge in [-0.15, -0.1) is 12.4 Å². The number of rotatable bonds is 6. The zero-order valence-electron chi connectivity index (χ0n) is 8.01. The summed E-state index contributed by atoms with van der Waals surface area (Å²) >= 11 is 3.17. The van der Waals surface area contributed by atoms with Crippen LogP contribution in [-0.2, 0) is 4.79 Å². The van der Waals surface area contributed by atoms with Crippen LogP contribution in [0.25, 0.3) is 0 Å². The van der Waals surface area contributed by atoms with Crippen LogP contribution >= 0.6 is 28.3 Å².